The molecule has 4 aromatic rings. The van der Waals surface area contributed by atoms with E-state index in [4.69, 9.17) is 9.72 Å². The third-order valence-corrected chi connectivity index (χ3v) is 5.09. The van der Waals surface area contributed by atoms with Crippen molar-refractivity contribution in [3.05, 3.63) is 103 Å². The van der Waals surface area contributed by atoms with Crippen LogP contribution in [0, 0.1) is 0 Å². The van der Waals surface area contributed by atoms with Crippen LogP contribution in [0.4, 0.5) is 0 Å². The molecule has 0 aliphatic rings. The Morgan fingerprint density at radius 2 is 1.97 bits per heavy atom. The van der Waals surface area contributed by atoms with E-state index >= 15 is 0 Å². The zero-order valence-corrected chi connectivity index (χ0v) is 17.4. The number of aromatic nitrogens is 3. The largest absolute Gasteiger partial charge is 0.497 e. The standard InChI is InChI=1S/C25H24N4O2/c1-3-15-29-23-17-19(31-2)12-13-20(23)27-24(29)22(16-18-9-5-4-6-10-18)28-25(30)21-11-7-8-14-26-21/h3-14,17,22H,1,15-16H2,2H3,(H,28,30). The molecule has 6 heteroatoms. The Kier molecular flexibility index (Phi) is 6.08. The Bertz CT molecular complexity index is 1190. The van der Waals surface area contributed by atoms with Gasteiger partial charge < -0.3 is 14.6 Å². The number of methoxy groups -OCH3 is 1. The van der Waals surface area contributed by atoms with Crippen LogP contribution in [-0.4, -0.2) is 27.6 Å². The predicted octanol–water partition coefficient (Wildman–Crippen LogP) is 4.34. The second-order valence-corrected chi connectivity index (χ2v) is 7.15. The number of hydrogen-bond donors (Lipinski definition) is 1. The molecule has 31 heavy (non-hydrogen) atoms. The van der Waals surface area contributed by atoms with E-state index in [-0.39, 0.29) is 11.9 Å². The molecular formula is C25H24N4O2. The SMILES string of the molecule is C=CCn1c(C(Cc2ccccc2)NC(=O)c2ccccn2)nc2ccc(OC)cc21. The van der Waals surface area contributed by atoms with Gasteiger partial charge in [-0.1, -0.05) is 42.5 Å². The molecule has 1 amide bonds. The zero-order valence-electron chi connectivity index (χ0n) is 17.4. The summed E-state index contributed by atoms with van der Waals surface area (Å²) < 4.78 is 7.46. The average Bonchev–Trinajstić information content (AvgIpc) is 3.17. The molecule has 0 spiro atoms. The van der Waals surface area contributed by atoms with Crippen molar-refractivity contribution in [1.82, 2.24) is 19.9 Å². The van der Waals surface area contributed by atoms with Gasteiger partial charge in [0, 0.05) is 18.8 Å². The Morgan fingerprint density at radius 3 is 2.68 bits per heavy atom. The molecule has 1 atom stereocenters. The van der Waals surface area contributed by atoms with Gasteiger partial charge >= 0.3 is 0 Å². The maximum atomic E-state index is 13.0. The Balaban J connectivity index is 1.78. The summed E-state index contributed by atoms with van der Waals surface area (Å²) in [6, 6.07) is 20.7. The summed E-state index contributed by atoms with van der Waals surface area (Å²) >= 11 is 0. The van der Waals surface area contributed by atoms with E-state index in [1.807, 2.05) is 54.6 Å². The highest BCUT2D eigenvalue weighted by Crippen LogP contribution is 2.27. The molecule has 0 saturated heterocycles. The van der Waals surface area contributed by atoms with Gasteiger partial charge in [-0.15, -0.1) is 6.58 Å². The van der Waals surface area contributed by atoms with Crippen LogP contribution in [0.3, 0.4) is 0 Å². The van der Waals surface area contributed by atoms with Crippen molar-refractivity contribution < 1.29 is 9.53 Å². The molecule has 1 unspecified atom stereocenters. The van der Waals surface area contributed by atoms with E-state index in [9.17, 15) is 4.79 Å². The molecule has 0 radical (unpaired) electrons. The number of nitrogens with zero attached hydrogens (tertiary/aromatic N) is 3. The third kappa shape index (κ3) is 4.48. The van der Waals surface area contributed by atoms with Gasteiger partial charge in [0.15, 0.2) is 0 Å². The molecule has 0 saturated carbocycles. The number of carbonyl (C=O) groups excluding carboxylic acids is 1. The quantitative estimate of drug-likeness (QED) is 0.437. The van der Waals surface area contributed by atoms with E-state index in [2.05, 4.69) is 21.4 Å². The molecular weight excluding hydrogens is 388 g/mol. The van der Waals surface area contributed by atoms with E-state index in [0.717, 1.165) is 28.2 Å². The molecule has 1 N–H and O–H groups in total. The molecule has 2 aromatic heterocycles. The normalized spacial score (nSPS) is 11.8. The van der Waals surface area contributed by atoms with Crippen LogP contribution >= 0.6 is 0 Å². The van der Waals surface area contributed by atoms with E-state index in [1.54, 1.807) is 31.5 Å². The van der Waals surface area contributed by atoms with E-state index < -0.39 is 0 Å². The summed E-state index contributed by atoms with van der Waals surface area (Å²) in [6.07, 6.45) is 4.03. The topological polar surface area (TPSA) is 69.0 Å². The Hall–Kier alpha value is -3.93. The minimum Gasteiger partial charge on any atom is -0.497 e. The molecule has 0 fully saturated rings. The van der Waals surface area contributed by atoms with Crippen molar-refractivity contribution in [3.63, 3.8) is 0 Å². The number of imidazole rings is 1. The fourth-order valence-corrected chi connectivity index (χ4v) is 3.62. The maximum Gasteiger partial charge on any atom is 0.270 e. The number of fused-ring (bicyclic) bond motifs is 1. The van der Waals surface area contributed by atoms with Crippen molar-refractivity contribution in [2.24, 2.45) is 0 Å². The van der Waals surface area contributed by atoms with Gasteiger partial charge in [0.1, 0.15) is 17.3 Å². The average molecular weight is 412 g/mol. The van der Waals surface area contributed by atoms with Gasteiger partial charge in [-0.3, -0.25) is 9.78 Å². The van der Waals surface area contributed by atoms with Crippen LogP contribution in [-0.2, 0) is 13.0 Å². The summed E-state index contributed by atoms with van der Waals surface area (Å²) in [5, 5.41) is 3.14. The predicted molar refractivity (Wildman–Crippen MR) is 121 cm³/mol. The van der Waals surface area contributed by atoms with Gasteiger partial charge in [-0.2, -0.15) is 0 Å². The molecule has 2 aromatic carbocycles. The number of nitrogens with one attached hydrogen (secondary N) is 1. The van der Waals surface area contributed by atoms with Crippen LogP contribution in [0.1, 0.15) is 27.9 Å². The number of ether oxygens (including phenoxy) is 1. The second-order valence-electron chi connectivity index (χ2n) is 7.15. The van der Waals surface area contributed by atoms with Gasteiger partial charge in [0.2, 0.25) is 0 Å². The van der Waals surface area contributed by atoms with Crippen molar-refractivity contribution in [2.75, 3.05) is 7.11 Å². The number of amides is 1. The van der Waals surface area contributed by atoms with Crippen LogP contribution < -0.4 is 10.1 Å². The second kappa shape index (κ2) is 9.26. The summed E-state index contributed by atoms with van der Waals surface area (Å²) in [5.41, 5.74) is 3.24. The van der Waals surface area contributed by atoms with Crippen LogP contribution in [0.15, 0.2) is 85.6 Å². The number of rotatable bonds is 8. The highest BCUT2D eigenvalue weighted by Gasteiger charge is 2.23. The highest BCUT2D eigenvalue weighted by atomic mass is 16.5. The molecule has 2 heterocycles. The van der Waals surface area contributed by atoms with Gasteiger partial charge in [0.05, 0.1) is 24.2 Å². The van der Waals surface area contributed by atoms with Crippen LogP contribution in [0.5, 0.6) is 5.75 Å². The van der Waals surface area contributed by atoms with Gasteiger partial charge in [-0.05, 0) is 36.2 Å². The molecule has 0 aliphatic heterocycles. The summed E-state index contributed by atoms with van der Waals surface area (Å²) in [4.78, 5) is 22.0. The third-order valence-electron chi connectivity index (χ3n) is 5.09. The summed E-state index contributed by atoms with van der Waals surface area (Å²) in [5.74, 6) is 1.27. The van der Waals surface area contributed by atoms with Crippen molar-refractivity contribution in [2.45, 2.75) is 19.0 Å². The molecule has 6 nitrogen and oxygen atoms in total. The van der Waals surface area contributed by atoms with Crippen molar-refractivity contribution in [3.8, 4) is 5.75 Å². The lowest BCUT2D eigenvalue weighted by Gasteiger charge is -2.20. The fourth-order valence-electron chi connectivity index (χ4n) is 3.62. The van der Waals surface area contributed by atoms with E-state index in [0.29, 0.717) is 18.7 Å². The lowest BCUT2D eigenvalue weighted by Crippen LogP contribution is -2.32. The summed E-state index contributed by atoms with van der Waals surface area (Å²) in [6.45, 7) is 4.46. The fraction of sp³-hybridized carbons (Fsp3) is 0.160. The number of benzene rings is 2. The Morgan fingerprint density at radius 1 is 1.16 bits per heavy atom. The minimum absolute atomic E-state index is 0.240. The van der Waals surface area contributed by atoms with Gasteiger partial charge in [0.25, 0.3) is 5.91 Å². The first kappa shape index (κ1) is 20.3. The summed E-state index contributed by atoms with van der Waals surface area (Å²) in [7, 11) is 1.64. The minimum atomic E-state index is -0.352. The first-order valence-corrected chi connectivity index (χ1v) is 10.1. The van der Waals surface area contributed by atoms with Crippen molar-refractivity contribution in [1.29, 1.82) is 0 Å². The lowest BCUT2D eigenvalue weighted by molar-refractivity contribution is 0.0929. The first-order chi connectivity index (χ1) is 15.2. The number of hydrogen-bond acceptors (Lipinski definition) is 4. The van der Waals surface area contributed by atoms with Crippen molar-refractivity contribution >= 4 is 16.9 Å². The Labute approximate surface area is 181 Å². The highest BCUT2D eigenvalue weighted by molar-refractivity contribution is 5.92. The zero-order chi connectivity index (χ0) is 21.6. The van der Waals surface area contributed by atoms with Crippen LogP contribution in [0.25, 0.3) is 11.0 Å². The van der Waals surface area contributed by atoms with Crippen LogP contribution in [0.2, 0.25) is 0 Å². The molecule has 0 bridgehead atoms. The number of pyridine rings is 1. The maximum absolute atomic E-state index is 13.0. The van der Waals surface area contributed by atoms with E-state index in [1.165, 1.54) is 0 Å². The molecule has 0 aliphatic carbocycles. The lowest BCUT2D eigenvalue weighted by atomic mass is 10.0. The monoisotopic (exact) mass is 412 g/mol. The molecule has 156 valence electrons. The number of allylic oxidation sites excluding steroid dienone is 1. The smallest absolute Gasteiger partial charge is 0.270 e. The first-order valence-electron chi connectivity index (χ1n) is 10.1. The molecule has 4 rings (SSSR count). The number of carbonyl (C=O) groups is 1. The van der Waals surface area contributed by atoms with Gasteiger partial charge in [-0.25, -0.2) is 4.98 Å².